The Morgan fingerprint density at radius 1 is 1.38 bits per heavy atom. The van der Waals surface area contributed by atoms with Gasteiger partial charge < -0.3 is 5.11 Å². The zero-order chi connectivity index (χ0) is 17.1. The first-order valence-electron chi connectivity index (χ1n) is 6.93. The number of hydrazone groups is 2. The minimum atomic E-state index is -1.26. The Morgan fingerprint density at radius 3 is 2.96 bits per heavy atom. The van der Waals surface area contributed by atoms with Gasteiger partial charge in [0, 0.05) is 5.56 Å². The molecule has 3 N–H and O–H groups in total. The minimum Gasteiger partial charge on any atom is -0.507 e. The first-order chi connectivity index (χ1) is 11.6. The van der Waals surface area contributed by atoms with E-state index in [1.54, 1.807) is 12.1 Å². The van der Waals surface area contributed by atoms with Crippen LogP contribution in [-0.4, -0.2) is 28.8 Å². The Bertz CT molecular complexity index is 942. The van der Waals surface area contributed by atoms with Gasteiger partial charge >= 0.3 is 0 Å². The van der Waals surface area contributed by atoms with Gasteiger partial charge in [0.2, 0.25) is 0 Å². The number of phenols is 1. The van der Waals surface area contributed by atoms with Gasteiger partial charge in [-0.25, -0.2) is 10.9 Å². The summed E-state index contributed by atoms with van der Waals surface area (Å²) >= 11 is 0. The van der Waals surface area contributed by atoms with Crippen LogP contribution < -0.4 is 10.9 Å². The quantitative estimate of drug-likeness (QED) is 0.565. The molecule has 2 amide bonds. The van der Waals surface area contributed by atoms with E-state index in [1.165, 1.54) is 12.3 Å². The van der Waals surface area contributed by atoms with E-state index in [9.17, 15) is 14.7 Å². The van der Waals surface area contributed by atoms with E-state index in [2.05, 4.69) is 21.1 Å². The second-order valence-electron chi connectivity index (χ2n) is 4.95. The molecule has 3 rings (SSSR count). The van der Waals surface area contributed by atoms with Crippen molar-refractivity contribution in [3.8, 4) is 11.8 Å². The van der Waals surface area contributed by atoms with Gasteiger partial charge in [-0.3, -0.25) is 9.59 Å². The molecule has 1 aliphatic rings. The molecular weight excluding hydrogens is 310 g/mol. The van der Waals surface area contributed by atoms with Gasteiger partial charge in [-0.2, -0.15) is 15.5 Å². The van der Waals surface area contributed by atoms with Crippen LogP contribution in [0.3, 0.4) is 0 Å². The molecule has 1 atom stereocenters. The van der Waals surface area contributed by atoms with Gasteiger partial charge in [0.1, 0.15) is 5.75 Å². The van der Waals surface area contributed by atoms with Crippen molar-refractivity contribution in [1.29, 1.82) is 5.26 Å². The summed E-state index contributed by atoms with van der Waals surface area (Å²) in [4.78, 5) is 23.2. The Labute approximate surface area is 136 Å². The van der Waals surface area contributed by atoms with Crippen LogP contribution >= 0.6 is 0 Å². The largest absolute Gasteiger partial charge is 0.507 e. The standard InChI is InChI=1S/C16H11N5O3/c17-7-11-14(19-21-15(11)23)16(24)20-18-8-12-10-4-2-1-3-9(10)5-6-13(12)22/h1-6,8,11,22H,(H,20,24)(H,21,23). The number of carbonyl (C=O) groups excluding carboxylic acids is 2. The van der Waals surface area contributed by atoms with Crippen LogP contribution in [0.2, 0.25) is 0 Å². The maximum Gasteiger partial charge on any atom is 0.289 e. The molecule has 1 aliphatic heterocycles. The number of nitriles is 1. The van der Waals surface area contributed by atoms with Crippen LogP contribution in [0.5, 0.6) is 5.75 Å². The Kier molecular flexibility index (Phi) is 3.91. The molecule has 24 heavy (non-hydrogen) atoms. The van der Waals surface area contributed by atoms with Crippen molar-refractivity contribution in [3.63, 3.8) is 0 Å². The maximum atomic E-state index is 11.9. The van der Waals surface area contributed by atoms with Crippen molar-refractivity contribution < 1.29 is 14.7 Å². The summed E-state index contributed by atoms with van der Waals surface area (Å²) in [6, 6.07) is 12.4. The fourth-order valence-electron chi connectivity index (χ4n) is 2.30. The number of aromatic hydroxyl groups is 1. The first kappa shape index (κ1) is 15.2. The van der Waals surface area contributed by atoms with Crippen LogP contribution in [0.4, 0.5) is 0 Å². The van der Waals surface area contributed by atoms with Gasteiger partial charge in [0.25, 0.3) is 11.8 Å². The third kappa shape index (κ3) is 2.66. The molecule has 0 bridgehead atoms. The SMILES string of the molecule is N#CC1C(=O)NN=C1C(=O)NN=Cc1c(O)ccc2ccccc12. The number of amides is 2. The highest BCUT2D eigenvalue weighted by Gasteiger charge is 2.34. The third-order valence-corrected chi connectivity index (χ3v) is 3.49. The summed E-state index contributed by atoms with van der Waals surface area (Å²) < 4.78 is 0. The lowest BCUT2D eigenvalue weighted by molar-refractivity contribution is -0.121. The summed E-state index contributed by atoms with van der Waals surface area (Å²) in [5.74, 6) is -2.67. The Hall–Kier alpha value is -3.73. The third-order valence-electron chi connectivity index (χ3n) is 3.49. The summed E-state index contributed by atoms with van der Waals surface area (Å²) in [6.45, 7) is 0. The molecule has 0 saturated carbocycles. The van der Waals surface area contributed by atoms with Crippen molar-refractivity contribution in [1.82, 2.24) is 10.9 Å². The molecule has 0 saturated heterocycles. The highest BCUT2D eigenvalue weighted by Crippen LogP contribution is 2.25. The molecular formula is C16H11N5O3. The topological polar surface area (TPSA) is 127 Å². The molecule has 8 heteroatoms. The number of phenolic OH excluding ortho intramolecular Hbond substituents is 1. The van der Waals surface area contributed by atoms with E-state index in [0.717, 1.165) is 10.8 Å². The minimum absolute atomic E-state index is 0.0108. The van der Waals surface area contributed by atoms with E-state index in [4.69, 9.17) is 5.26 Å². The van der Waals surface area contributed by atoms with Crippen LogP contribution in [0.1, 0.15) is 5.56 Å². The molecule has 0 fully saturated rings. The number of fused-ring (bicyclic) bond motifs is 1. The smallest absolute Gasteiger partial charge is 0.289 e. The molecule has 0 aliphatic carbocycles. The van der Waals surface area contributed by atoms with Gasteiger partial charge in [0.05, 0.1) is 12.3 Å². The molecule has 8 nitrogen and oxygen atoms in total. The number of hydrogen-bond acceptors (Lipinski definition) is 6. The number of benzene rings is 2. The van der Waals surface area contributed by atoms with Gasteiger partial charge in [0.15, 0.2) is 11.6 Å². The average molecular weight is 321 g/mol. The highest BCUT2D eigenvalue weighted by atomic mass is 16.3. The van der Waals surface area contributed by atoms with Crippen LogP contribution in [0.25, 0.3) is 10.8 Å². The number of nitrogens with zero attached hydrogens (tertiary/aromatic N) is 3. The number of hydrogen-bond donors (Lipinski definition) is 3. The summed E-state index contributed by atoms with van der Waals surface area (Å²) in [7, 11) is 0. The zero-order valence-electron chi connectivity index (χ0n) is 12.2. The summed E-state index contributed by atoms with van der Waals surface area (Å²) in [5.41, 5.74) is 4.45. The maximum absolute atomic E-state index is 11.9. The van der Waals surface area contributed by atoms with E-state index < -0.39 is 17.7 Å². The fraction of sp³-hybridized carbons (Fsp3) is 0.0625. The monoisotopic (exact) mass is 321 g/mol. The number of nitrogens with one attached hydrogen (secondary N) is 2. The molecule has 2 aromatic carbocycles. The zero-order valence-corrected chi connectivity index (χ0v) is 12.2. The van der Waals surface area contributed by atoms with Crippen LogP contribution in [0.15, 0.2) is 46.6 Å². The van der Waals surface area contributed by atoms with E-state index in [0.29, 0.717) is 5.56 Å². The molecule has 1 heterocycles. The lowest BCUT2D eigenvalue weighted by Gasteiger charge is -2.05. The second-order valence-corrected chi connectivity index (χ2v) is 4.95. The Morgan fingerprint density at radius 2 is 2.17 bits per heavy atom. The van der Waals surface area contributed by atoms with Crippen molar-refractivity contribution in [2.24, 2.45) is 16.1 Å². The Balaban J connectivity index is 1.81. The predicted molar refractivity (Wildman–Crippen MR) is 86.0 cm³/mol. The number of rotatable bonds is 3. The van der Waals surface area contributed by atoms with Crippen molar-refractivity contribution >= 4 is 34.5 Å². The van der Waals surface area contributed by atoms with E-state index >= 15 is 0 Å². The molecule has 2 aromatic rings. The first-order valence-corrected chi connectivity index (χ1v) is 6.93. The van der Waals surface area contributed by atoms with Crippen LogP contribution in [0, 0.1) is 17.2 Å². The van der Waals surface area contributed by atoms with Gasteiger partial charge in [-0.1, -0.05) is 30.3 Å². The fourth-order valence-corrected chi connectivity index (χ4v) is 2.30. The molecule has 0 radical (unpaired) electrons. The molecule has 0 spiro atoms. The van der Waals surface area contributed by atoms with Gasteiger partial charge in [-0.15, -0.1) is 0 Å². The van der Waals surface area contributed by atoms with Crippen molar-refractivity contribution in [2.75, 3.05) is 0 Å². The summed E-state index contributed by atoms with van der Waals surface area (Å²) in [5, 5.41) is 27.8. The predicted octanol–water partition coefficient (Wildman–Crippen LogP) is 0.621. The molecule has 1 unspecified atom stereocenters. The van der Waals surface area contributed by atoms with Crippen LogP contribution in [-0.2, 0) is 9.59 Å². The second kappa shape index (κ2) is 6.18. The lowest BCUT2D eigenvalue weighted by Crippen LogP contribution is -2.33. The normalized spacial score (nSPS) is 16.7. The number of carbonyl (C=O) groups is 2. The highest BCUT2D eigenvalue weighted by molar-refractivity contribution is 6.45. The van der Waals surface area contributed by atoms with E-state index in [1.807, 2.05) is 24.3 Å². The van der Waals surface area contributed by atoms with Crippen molar-refractivity contribution in [3.05, 3.63) is 42.0 Å². The molecule has 0 aromatic heterocycles. The van der Waals surface area contributed by atoms with Crippen molar-refractivity contribution in [2.45, 2.75) is 0 Å². The lowest BCUT2D eigenvalue weighted by atomic mass is 10.0. The molecule has 118 valence electrons. The summed E-state index contributed by atoms with van der Waals surface area (Å²) in [6.07, 6.45) is 1.29. The average Bonchev–Trinajstić information content (AvgIpc) is 2.97. The van der Waals surface area contributed by atoms with E-state index in [-0.39, 0.29) is 11.5 Å². The van der Waals surface area contributed by atoms with Gasteiger partial charge in [-0.05, 0) is 16.8 Å².